The van der Waals surface area contributed by atoms with Crippen LogP contribution in [-0.2, 0) is 6.42 Å². The molecule has 1 aliphatic rings. The third-order valence-corrected chi connectivity index (χ3v) is 3.04. The molecule has 2 rings (SSSR count). The predicted molar refractivity (Wildman–Crippen MR) is 60.0 cm³/mol. The number of benzene rings is 1. The lowest BCUT2D eigenvalue weighted by molar-refractivity contribution is 0.544. The van der Waals surface area contributed by atoms with Gasteiger partial charge in [0.25, 0.3) is 0 Å². The van der Waals surface area contributed by atoms with Crippen LogP contribution in [0.25, 0.3) is 0 Å². The van der Waals surface area contributed by atoms with Crippen LogP contribution in [0, 0.1) is 11.6 Å². The van der Waals surface area contributed by atoms with Gasteiger partial charge in [-0.15, -0.1) is 0 Å². The Balaban J connectivity index is 2.14. The average molecular weight is 223 g/mol. The SMILES string of the molecule is NC(Cc1c(F)cccc1F)C1=CCCC1. The first kappa shape index (κ1) is 11.3. The molecule has 1 aliphatic carbocycles. The normalized spacial score (nSPS) is 17.3. The Morgan fingerprint density at radius 3 is 2.50 bits per heavy atom. The van der Waals surface area contributed by atoms with Crippen LogP contribution in [-0.4, -0.2) is 6.04 Å². The van der Waals surface area contributed by atoms with Crippen molar-refractivity contribution in [2.24, 2.45) is 5.73 Å². The van der Waals surface area contributed by atoms with Crippen molar-refractivity contribution >= 4 is 0 Å². The maximum Gasteiger partial charge on any atom is 0.129 e. The zero-order valence-electron chi connectivity index (χ0n) is 9.05. The predicted octanol–water partition coefficient (Wildman–Crippen LogP) is 2.94. The molecule has 0 saturated carbocycles. The quantitative estimate of drug-likeness (QED) is 0.783. The molecule has 0 saturated heterocycles. The van der Waals surface area contributed by atoms with Gasteiger partial charge in [0, 0.05) is 11.6 Å². The minimum Gasteiger partial charge on any atom is -0.324 e. The number of rotatable bonds is 3. The number of allylic oxidation sites excluding steroid dienone is 1. The van der Waals surface area contributed by atoms with E-state index in [4.69, 9.17) is 5.73 Å². The molecule has 1 aromatic carbocycles. The molecule has 1 atom stereocenters. The van der Waals surface area contributed by atoms with Crippen LogP contribution in [0.15, 0.2) is 29.8 Å². The molecule has 1 unspecified atom stereocenters. The molecule has 0 aromatic heterocycles. The number of hydrogen-bond acceptors (Lipinski definition) is 1. The summed E-state index contributed by atoms with van der Waals surface area (Å²) < 4.78 is 26.8. The molecule has 0 bridgehead atoms. The number of hydrogen-bond donors (Lipinski definition) is 1. The minimum absolute atomic E-state index is 0.0998. The van der Waals surface area contributed by atoms with Crippen molar-refractivity contribution in [1.29, 1.82) is 0 Å². The van der Waals surface area contributed by atoms with E-state index in [0.29, 0.717) is 0 Å². The van der Waals surface area contributed by atoms with Gasteiger partial charge >= 0.3 is 0 Å². The highest BCUT2D eigenvalue weighted by Gasteiger charge is 2.17. The van der Waals surface area contributed by atoms with Gasteiger partial charge in [0.05, 0.1) is 0 Å². The Morgan fingerprint density at radius 2 is 1.94 bits per heavy atom. The summed E-state index contributed by atoms with van der Waals surface area (Å²) in [7, 11) is 0. The van der Waals surface area contributed by atoms with Gasteiger partial charge in [0.15, 0.2) is 0 Å². The van der Waals surface area contributed by atoms with E-state index in [1.807, 2.05) is 0 Å². The van der Waals surface area contributed by atoms with E-state index in [9.17, 15) is 8.78 Å². The molecule has 2 N–H and O–H groups in total. The summed E-state index contributed by atoms with van der Waals surface area (Å²) in [5.41, 5.74) is 7.17. The Bertz CT molecular complexity index is 392. The fourth-order valence-electron chi connectivity index (χ4n) is 2.11. The second-order valence-electron chi connectivity index (χ2n) is 4.18. The summed E-state index contributed by atoms with van der Waals surface area (Å²) in [5, 5.41) is 0. The van der Waals surface area contributed by atoms with E-state index < -0.39 is 11.6 Å². The summed E-state index contributed by atoms with van der Waals surface area (Å²) in [6.07, 6.45) is 5.41. The Hall–Kier alpha value is -1.22. The second kappa shape index (κ2) is 4.74. The topological polar surface area (TPSA) is 26.0 Å². The van der Waals surface area contributed by atoms with Gasteiger partial charge in [-0.05, 0) is 37.8 Å². The third-order valence-electron chi connectivity index (χ3n) is 3.04. The van der Waals surface area contributed by atoms with Gasteiger partial charge in [0.2, 0.25) is 0 Å². The summed E-state index contributed by atoms with van der Waals surface area (Å²) in [6.45, 7) is 0. The van der Waals surface area contributed by atoms with Crippen molar-refractivity contribution in [3.63, 3.8) is 0 Å². The molecule has 0 fully saturated rings. The maximum absolute atomic E-state index is 13.4. The summed E-state index contributed by atoms with van der Waals surface area (Å²) >= 11 is 0. The zero-order chi connectivity index (χ0) is 11.5. The van der Waals surface area contributed by atoms with Crippen molar-refractivity contribution in [2.75, 3.05) is 0 Å². The average Bonchev–Trinajstić information content (AvgIpc) is 2.76. The second-order valence-corrected chi connectivity index (χ2v) is 4.18. The van der Waals surface area contributed by atoms with E-state index in [2.05, 4.69) is 6.08 Å². The molecular weight excluding hydrogens is 208 g/mol. The van der Waals surface area contributed by atoms with Crippen molar-refractivity contribution in [3.8, 4) is 0 Å². The van der Waals surface area contributed by atoms with E-state index in [1.54, 1.807) is 0 Å². The molecule has 16 heavy (non-hydrogen) atoms. The largest absolute Gasteiger partial charge is 0.324 e. The molecule has 0 amide bonds. The Labute approximate surface area is 94.0 Å². The lowest BCUT2D eigenvalue weighted by atomic mass is 9.98. The van der Waals surface area contributed by atoms with E-state index in [1.165, 1.54) is 18.2 Å². The fourth-order valence-corrected chi connectivity index (χ4v) is 2.11. The highest BCUT2D eigenvalue weighted by Crippen LogP contribution is 2.23. The van der Waals surface area contributed by atoms with Gasteiger partial charge in [-0.25, -0.2) is 8.78 Å². The van der Waals surface area contributed by atoms with Gasteiger partial charge in [0.1, 0.15) is 11.6 Å². The molecule has 0 heterocycles. The van der Waals surface area contributed by atoms with Crippen molar-refractivity contribution in [1.82, 2.24) is 0 Å². The first-order chi connectivity index (χ1) is 7.68. The van der Waals surface area contributed by atoms with Crippen molar-refractivity contribution in [2.45, 2.75) is 31.7 Å². The van der Waals surface area contributed by atoms with E-state index >= 15 is 0 Å². The molecular formula is C13H15F2N. The van der Waals surface area contributed by atoms with Crippen LogP contribution in [0.2, 0.25) is 0 Å². The summed E-state index contributed by atoms with van der Waals surface area (Å²) in [6, 6.07) is 3.66. The van der Waals surface area contributed by atoms with Crippen LogP contribution in [0.3, 0.4) is 0 Å². The highest BCUT2D eigenvalue weighted by molar-refractivity contribution is 5.25. The Morgan fingerprint density at radius 1 is 1.25 bits per heavy atom. The van der Waals surface area contributed by atoms with Crippen LogP contribution in [0.5, 0.6) is 0 Å². The van der Waals surface area contributed by atoms with Crippen LogP contribution >= 0.6 is 0 Å². The van der Waals surface area contributed by atoms with Crippen molar-refractivity contribution in [3.05, 3.63) is 47.0 Å². The van der Waals surface area contributed by atoms with Crippen LogP contribution in [0.1, 0.15) is 24.8 Å². The van der Waals surface area contributed by atoms with Gasteiger partial charge in [-0.1, -0.05) is 17.7 Å². The standard InChI is InChI=1S/C13H15F2N/c14-11-6-3-7-12(15)10(11)8-13(16)9-4-1-2-5-9/h3-4,6-7,13H,1-2,5,8,16H2. The first-order valence-electron chi connectivity index (χ1n) is 5.56. The molecule has 0 radical (unpaired) electrons. The minimum atomic E-state index is -0.506. The molecule has 86 valence electrons. The molecule has 0 aliphatic heterocycles. The lowest BCUT2D eigenvalue weighted by Gasteiger charge is -2.14. The molecule has 1 aromatic rings. The maximum atomic E-state index is 13.4. The monoisotopic (exact) mass is 223 g/mol. The van der Waals surface area contributed by atoms with Gasteiger partial charge in [-0.3, -0.25) is 0 Å². The van der Waals surface area contributed by atoms with E-state index in [-0.39, 0.29) is 18.0 Å². The van der Waals surface area contributed by atoms with Crippen LogP contribution < -0.4 is 5.73 Å². The number of nitrogens with two attached hydrogens (primary N) is 1. The van der Waals surface area contributed by atoms with Gasteiger partial charge < -0.3 is 5.73 Å². The molecule has 0 spiro atoms. The van der Waals surface area contributed by atoms with Crippen molar-refractivity contribution < 1.29 is 8.78 Å². The van der Waals surface area contributed by atoms with Crippen LogP contribution in [0.4, 0.5) is 8.78 Å². The fraction of sp³-hybridized carbons (Fsp3) is 0.385. The number of halogens is 2. The molecule has 1 nitrogen and oxygen atoms in total. The Kier molecular flexibility index (Phi) is 3.34. The smallest absolute Gasteiger partial charge is 0.129 e. The lowest BCUT2D eigenvalue weighted by Crippen LogP contribution is -2.25. The van der Waals surface area contributed by atoms with Gasteiger partial charge in [-0.2, -0.15) is 0 Å². The summed E-state index contributed by atoms with van der Waals surface area (Å²) in [5.74, 6) is -1.01. The zero-order valence-corrected chi connectivity index (χ0v) is 9.05. The highest BCUT2D eigenvalue weighted by atomic mass is 19.1. The molecule has 3 heteroatoms. The third kappa shape index (κ3) is 2.30. The first-order valence-corrected chi connectivity index (χ1v) is 5.56. The summed E-state index contributed by atoms with van der Waals surface area (Å²) in [4.78, 5) is 0. The van der Waals surface area contributed by atoms with E-state index in [0.717, 1.165) is 24.8 Å².